The SMILES string of the molecule is CC.Cc1ccc(CNC(=O)/C(C#N)=C/C=C/c2ccc(N(C)C)cc2)cc1. The molecule has 0 atom stereocenters. The summed E-state index contributed by atoms with van der Waals surface area (Å²) in [6.07, 6.45) is 5.11. The number of nitriles is 1. The average Bonchev–Trinajstić information content (AvgIpc) is 2.72. The van der Waals surface area contributed by atoms with Gasteiger partial charge in [0.2, 0.25) is 0 Å². The molecule has 2 rings (SSSR count). The van der Waals surface area contributed by atoms with Gasteiger partial charge in [-0.25, -0.2) is 0 Å². The summed E-state index contributed by atoms with van der Waals surface area (Å²) < 4.78 is 0. The summed E-state index contributed by atoms with van der Waals surface area (Å²) in [6, 6.07) is 17.9. The van der Waals surface area contributed by atoms with Gasteiger partial charge < -0.3 is 10.2 Å². The van der Waals surface area contributed by atoms with E-state index in [4.69, 9.17) is 0 Å². The molecule has 0 fully saturated rings. The lowest BCUT2D eigenvalue weighted by Crippen LogP contribution is -2.23. The molecule has 146 valence electrons. The Morgan fingerprint density at radius 1 is 1.07 bits per heavy atom. The van der Waals surface area contributed by atoms with Crippen LogP contribution >= 0.6 is 0 Å². The molecule has 2 aromatic rings. The van der Waals surface area contributed by atoms with Gasteiger partial charge in [0, 0.05) is 26.3 Å². The number of anilines is 1. The largest absolute Gasteiger partial charge is 0.378 e. The second-order valence-electron chi connectivity index (χ2n) is 6.21. The zero-order chi connectivity index (χ0) is 20.9. The van der Waals surface area contributed by atoms with E-state index in [2.05, 4.69) is 5.32 Å². The summed E-state index contributed by atoms with van der Waals surface area (Å²) in [6.45, 7) is 6.41. The molecule has 0 unspecified atom stereocenters. The van der Waals surface area contributed by atoms with Gasteiger partial charge in [-0.1, -0.05) is 68.0 Å². The lowest BCUT2D eigenvalue weighted by Gasteiger charge is -2.11. The minimum atomic E-state index is -0.374. The third kappa shape index (κ3) is 7.51. The predicted molar refractivity (Wildman–Crippen MR) is 118 cm³/mol. The van der Waals surface area contributed by atoms with Crippen LogP contribution in [0.15, 0.2) is 66.3 Å². The average molecular weight is 376 g/mol. The highest BCUT2D eigenvalue weighted by atomic mass is 16.1. The fraction of sp³-hybridized carbons (Fsp3) is 0.250. The van der Waals surface area contributed by atoms with Crippen molar-refractivity contribution in [2.24, 2.45) is 0 Å². The zero-order valence-electron chi connectivity index (χ0n) is 17.4. The molecule has 0 heterocycles. The Morgan fingerprint density at radius 3 is 2.21 bits per heavy atom. The normalized spacial score (nSPS) is 10.6. The van der Waals surface area contributed by atoms with Gasteiger partial charge >= 0.3 is 0 Å². The van der Waals surface area contributed by atoms with Crippen molar-refractivity contribution in [1.82, 2.24) is 5.32 Å². The van der Waals surface area contributed by atoms with Crippen LogP contribution in [-0.4, -0.2) is 20.0 Å². The molecule has 0 aliphatic heterocycles. The fourth-order valence-electron chi connectivity index (χ4n) is 2.29. The molecule has 0 saturated heterocycles. The Kier molecular flexibility index (Phi) is 9.85. The van der Waals surface area contributed by atoms with Gasteiger partial charge in [-0.2, -0.15) is 5.26 Å². The molecule has 0 saturated carbocycles. The second kappa shape index (κ2) is 12.1. The van der Waals surface area contributed by atoms with E-state index >= 15 is 0 Å². The van der Waals surface area contributed by atoms with Crippen molar-refractivity contribution in [3.05, 3.63) is 82.9 Å². The van der Waals surface area contributed by atoms with Crippen LogP contribution in [0.5, 0.6) is 0 Å². The number of nitrogens with one attached hydrogen (secondary N) is 1. The molecule has 2 aromatic carbocycles. The van der Waals surface area contributed by atoms with Gasteiger partial charge in [0.15, 0.2) is 0 Å². The first kappa shape index (κ1) is 22.7. The minimum absolute atomic E-state index is 0.0817. The molecule has 0 aliphatic rings. The van der Waals surface area contributed by atoms with Gasteiger partial charge in [-0.3, -0.25) is 4.79 Å². The molecule has 0 spiro atoms. The maximum absolute atomic E-state index is 12.1. The quantitative estimate of drug-likeness (QED) is 0.445. The first-order chi connectivity index (χ1) is 13.5. The lowest BCUT2D eigenvalue weighted by molar-refractivity contribution is -0.117. The van der Waals surface area contributed by atoms with Crippen LogP contribution in [0, 0.1) is 18.3 Å². The summed E-state index contributed by atoms with van der Waals surface area (Å²) in [4.78, 5) is 14.2. The van der Waals surface area contributed by atoms with Crippen LogP contribution in [0.4, 0.5) is 5.69 Å². The topological polar surface area (TPSA) is 56.1 Å². The van der Waals surface area contributed by atoms with E-state index in [1.807, 2.05) is 100 Å². The van der Waals surface area contributed by atoms with Crippen molar-refractivity contribution in [2.75, 3.05) is 19.0 Å². The van der Waals surface area contributed by atoms with Gasteiger partial charge in [0.1, 0.15) is 11.6 Å². The second-order valence-corrected chi connectivity index (χ2v) is 6.21. The summed E-state index contributed by atoms with van der Waals surface area (Å²) in [5.41, 5.74) is 4.37. The maximum atomic E-state index is 12.1. The molecule has 0 aromatic heterocycles. The summed E-state index contributed by atoms with van der Waals surface area (Å²) in [5.74, 6) is -0.374. The number of aryl methyl sites for hydroxylation is 1. The zero-order valence-corrected chi connectivity index (χ0v) is 17.4. The van der Waals surface area contributed by atoms with Crippen molar-refractivity contribution in [3.8, 4) is 6.07 Å². The van der Waals surface area contributed by atoms with Crippen molar-refractivity contribution in [1.29, 1.82) is 5.26 Å². The van der Waals surface area contributed by atoms with Gasteiger partial charge in [0.25, 0.3) is 5.91 Å². The molecule has 0 aliphatic carbocycles. The van der Waals surface area contributed by atoms with Crippen LogP contribution in [0.1, 0.15) is 30.5 Å². The molecule has 1 N–H and O–H groups in total. The van der Waals surface area contributed by atoms with Crippen LogP contribution < -0.4 is 10.2 Å². The van der Waals surface area contributed by atoms with Crippen molar-refractivity contribution in [3.63, 3.8) is 0 Å². The predicted octanol–water partition coefficient (Wildman–Crippen LogP) is 4.87. The Hall–Kier alpha value is -3.32. The third-order valence-electron chi connectivity index (χ3n) is 3.90. The Labute approximate surface area is 168 Å². The van der Waals surface area contributed by atoms with E-state index in [1.54, 1.807) is 6.08 Å². The van der Waals surface area contributed by atoms with E-state index in [-0.39, 0.29) is 11.5 Å². The Balaban J connectivity index is 0.00000190. The smallest absolute Gasteiger partial charge is 0.262 e. The number of benzene rings is 2. The van der Waals surface area contributed by atoms with Crippen molar-refractivity contribution in [2.45, 2.75) is 27.3 Å². The Bertz CT molecular complexity index is 839. The highest BCUT2D eigenvalue weighted by Crippen LogP contribution is 2.13. The molecule has 28 heavy (non-hydrogen) atoms. The van der Waals surface area contributed by atoms with Crippen molar-refractivity contribution < 1.29 is 4.79 Å². The number of carbonyl (C=O) groups excluding carboxylic acids is 1. The number of rotatable bonds is 6. The molecule has 4 nitrogen and oxygen atoms in total. The van der Waals surface area contributed by atoms with Crippen molar-refractivity contribution >= 4 is 17.7 Å². The number of carbonyl (C=O) groups is 1. The number of nitrogens with zero attached hydrogens (tertiary/aromatic N) is 2. The van der Waals surface area contributed by atoms with Crippen LogP contribution in [0.3, 0.4) is 0 Å². The van der Waals surface area contributed by atoms with Crippen LogP contribution in [-0.2, 0) is 11.3 Å². The molecule has 1 amide bonds. The first-order valence-electron chi connectivity index (χ1n) is 9.39. The number of allylic oxidation sites excluding steroid dienone is 2. The monoisotopic (exact) mass is 375 g/mol. The summed E-state index contributed by atoms with van der Waals surface area (Å²) in [7, 11) is 3.98. The standard InChI is InChI=1S/C22H23N3O.C2H6/c1-17-7-9-19(10-8-17)16-24-22(26)20(15-23)6-4-5-18-11-13-21(14-12-18)25(2)3;1-2/h4-14H,16H2,1-3H3,(H,24,26);1-2H3/b5-4+,20-6+;. The summed E-state index contributed by atoms with van der Waals surface area (Å²) >= 11 is 0. The highest BCUT2D eigenvalue weighted by Gasteiger charge is 2.07. The molecule has 0 bridgehead atoms. The van der Waals surface area contributed by atoms with Gasteiger partial charge in [-0.15, -0.1) is 0 Å². The minimum Gasteiger partial charge on any atom is -0.378 e. The number of hydrogen-bond donors (Lipinski definition) is 1. The van der Waals surface area contributed by atoms with Gasteiger partial charge in [-0.05, 0) is 36.3 Å². The van der Waals surface area contributed by atoms with Crippen LogP contribution in [0.25, 0.3) is 6.08 Å². The molecule has 0 radical (unpaired) electrons. The molecular formula is C24H29N3O. The van der Waals surface area contributed by atoms with E-state index < -0.39 is 0 Å². The van der Waals surface area contributed by atoms with E-state index in [0.29, 0.717) is 6.54 Å². The third-order valence-corrected chi connectivity index (χ3v) is 3.90. The molecule has 4 heteroatoms. The summed E-state index contributed by atoms with van der Waals surface area (Å²) in [5, 5.41) is 12.0. The molecular weight excluding hydrogens is 346 g/mol. The van der Waals surface area contributed by atoms with Crippen LogP contribution in [0.2, 0.25) is 0 Å². The number of amides is 1. The fourth-order valence-corrected chi connectivity index (χ4v) is 2.29. The van der Waals surface area contributed by atoms with Gasteiger partial charge in [0.05, 0.1) is 0 Å². The van der Waals surface area contributed by atoms with E-state index in [0.717, 1.165) is 16.8 Å². The Morgan fingerprint density at radius 2 is 1.68 bits per heavy atom. The maximum Gasteiger partial charge on any atom is 0.262 e. The van der Waals surface area contributed by atoms with E-state index in [9.17, 15) is 10.1 Å². The number of hydrogen-bond acceptors (Lipinski definition) is 3. The lowest BCUT2D eigenvalue weighted by atomic mass is 10.1. The highest BCUT2D eigenvalue weighted by molar-refractivity contribution is 5.97. The first-order valence-corrected chi connectivity index (χ1v) is 9.39. The van der Waals surface area contributed by atoms with E-state index in [1.165, 1.54) is 11.6 Å².